The van der Waals surface area contributed by atoms with E-state index >= 15 is 0 Å². The molecule has 0 N–H and O–H groups in total. The number of aryl methyl sites for hydroxylation is 1. The van der Waals surface area contributed by atoms with Crippen LogP contribution in [0.25, 0.3) is 0 Å². The molecule has 0 radical (unpaired) electrons. The van der Waals surface area contributed by atoms with Crippen LogP contribution in [0.4, 0.5) is 10.5 Å². The van der Waals surface area contributed by atoms with E-state index in [1.165, 1.54) is 16.8 Å². The number of anilines is 1. The van der Waals surface area contributed by atoms with Gasteiger partial charge in [-0.05, 0) is 57.9 Å². The van der Waals surface area contributed by atoms with Gasteiger partial charge in [0.1, 0.15) is 5.60 Å². The van der Waals surface area contributed by atoms with E-state index in [1.807, 2.05) is 25.7 Å². The molecule has 1 amide bonds. The quantitative estimate of drug-likeness (QED) is 0.794. The van der Waals surface area contributed by atoms with Crippen LogP contribution in [0.5, 0.6) is 0 Å². The Kier molecular flexibility index (Phi) is 6.50. The standard InChI is InChI=1S/C22H35N3O3/c1-17-14-20(24-10-12-27-13-11-24)7-6-19(17)16-23-8-9-25(18(2)15-23)21(26)28-22(3,4)5/h6-7,14,18H,8-13,15-16H2,1-5H3/t18-/m0/s1. The first-order chi connectivity index (χ1) is 13.2. The molecular weight excluding hydrogens is 354 g/mol. The molecule has 1 aromatic carbocycles. The second-order valence-corrected chi connectivity index (χ2v) is 8.97. The van der Waals surface area contributed by atoms with E-state index in [9.17, 15) is 4.79 Å². The van der Waals surface area contributed by atoms with Gasteiger partial charge in [0.2, 0.25) is 0 Å². The van der Waals surface area contributed by atoms with Crippen LogP contribution in [-0.4, -0.2) is 73.5 Å². The Hall–Kier alpha value is -1.79. The molecule has 28 heavy (non-hydrogen) atoms. The van der Waals surface area contributed by atoms with Gasteiger partial charge in [0.15, 0.2) is 0 Å². The Labute approximate surface area is 169 Å². The maximum Gasteiger partial charge on any atom is 0.410 e. The highest BCUT2D eigenvalue weighted by atomic mass is 16.6. The Balaban J connectivity index is 1.57. The van der Waals surface area contributed by atoms with E-state index in [0.717, 1.165) is 45.9 Å². The second kappa shape index (κ2) is 8.70. The first-order valence-corrected chi connectivity index (χ1v) is 10.4. The minimum Gasteiger partial charge on any atom is -0.444 e. The molecule has 2 heterocycles. The fourth-order valence-electron chi connectivity index (χ4n) is 3.89. The normalized spacial score (nSPS) is 21.7. The number of carbonyl (C=O) groups is 1. The van der Waals surface area contributed by atoms with Crippen LogP contribution < -0.4 is 4.90 Å². The van der Waals surface area contributed by atoms with Crippen molar-refractivity contribution >= 4 is 11.8 Å². The molecule has 3 rings (SSSR count). The van der Waals surface area contributed by atoms with Crippen LogP contribution in [0.2, 0.25) is 0 Å². The van der Waals surface area contributed by atoms with Crippen molar-refractivity contribution < 1.29 is 14.3 Å². The van der Waals surface area contributed by atoms with Crippen molar-refractivity contribution in [3.05, 3.63) is 29.3 Å². The number of ether oxygens (including phenoxy) is 2. The maximum absolute atomic E-state index is 12.4. The molecule has 0 saturated carbocycles. The first-order valence-electron chi connectivity index (χ1n) is 10.4. The minimum absolute atomic E-state index is 0.150. The number of rotatable bonds is 3. The van der Waals surface area contributed by atoms with Gasteiger partial charge in [-0.3, -0.25) is 4.90 Å². The number of hydrogen-bond acceptors (Lipinski definition) is 5. The molecule has 156 valence electrons. The molecule has 0 aromatic heterocycles. The third-order valence-corrected chi connectivity index (χ3v) is 5.44. The van der Waals surface area contributed by atoms with Crippen molar-refractivity contribution in [1.29, 1.82) is 0 Å². The zero-order valence-electron chi connectivity index (χ0n) is 18.0. The van der Waals surface area contributed by atoms with Gasteiger partial charge in [-0.15, -0.1) is 0 Å². The number of morpholine rings is 1. The van der Waals surface area contributed by atoms with Gasteiger partial charge in [-0.2, -0.15) is 0 Å². The number of nitrogens with zero attached hydrogens (tertiary/aromatic N) is 3. The van der Waals surface area contributed by atoms with Gasteiger partial charge in [-0.1, -0.05) is 6.07 Å². The van der Waals surface area contributed by atoms with Gasteiger partial charge in [0.05, 0.1) is 13.2 Å². The Bertz CT molecular complexity index is 680. The lowest BCUT2D eigenvalue weighted by Gasteiger charge is -2.40. The van der Waals surface area contributed by atoms with Crippen LogP contribution >= 0.6 is 0 Å². The lowest BCUT2D eigenvalue weighted by molar-refractivity contribution is 0.000537. The summed E-state index contributed by atoms with van der Waals surface area (Å²) in [5.74, 6) is 0. The zero-order chi connectivity index (χ0) is 20.3. The van der Waals surface area contributed by atoms with Crippen molar-refractivity contribution in [2.75, 3.05) is 50.8 Å². The predicted octanol–water partition coefficient (Wildman–Crippen LogP) is 3.27. The molecule has 0 unspecified atom stereocenters. The van der Waals surface area contributed by atoms with Crippen LogP contribution in [0, 0.1) is 6.92 Å². The van der Waals surface area contributed by atoms with Gasteiger partial charge in [0.25, 0.3) is 0 Å². The van der Waals surface area contributed by atoms with E-state index in [-0.39, 0.29) is 12.1 Å². The van der Waals surface area contributed by atoms with Gasteiger partial charge in [-0.25, -0.2) is 4.79 Å². The lowest BCUT2D eigenvalue weighted by atomic mass is 10.1. The molecule has 0 aliphatic carbocycles. The van der Waals surface area contributed by atoms with E-state index in [1.54, 1.807) is 0 Å². The fraction of sp³-hybridized carbons (Fsp3) is 0.682. The monoisotopic (exact) mass is 389 g/mol. The topological polar surface area (TPSA) is 45.2 Å². The van der Waals surface area contributed by atoms with Gasteiger partial charge in [0, 0.05) is 51.0 Å². The summed E-state index contributed by atoms with van der Waals surface area (Å²) in [4.78, 5) is 19.1. The van der Waals surface area contributed by atoms with Crippen molar-refractivity contribution in [3.8, 4) is 0 Å². The van der Waals surface area contributed by atoms with Crippen LogP contribution in [0.15, 0.2) is 18.2 Å². The number of amides is 1. The summed E-state index contributed by atoms with van der Waals surface area (Å²) in [5, 5.41) is 0. The molecule has 1 aromatic rings. The largest absolute Gasteiger partial charge is 0.444 e. The molecule has 0 bridgehead atoms. The molecule has 2 saturated heterocycles. The fourth-order valence-corrected chi connectivity index (χ4v) is 3.89. The van der Waals surface area contributed by atoms with Crippen molar-refractivity contribution in [2.45, 2.75) is 52.8 Å². The molecular formula is C22H35N3O3. The molecule has 6 heteroatoms. The summed E-state index contributed by atoms with van der Waals surface area (Å²) in [7, 11) is 0. The molecule has 2 aliphatic rings. The summed E-state index contributed by atoms with van der Waals surface area (Å²) in [6.07, 6.45) is -0.203. The van der Waals surface area contributed by atoms with Crippen molar-refractivity contribution in [2.24, 2.45) is 0 Å². The highest BCUT2D eigenvalue weighted by molar-refractivity contribution is 5.68. The maximum atomic E-state index is 12.4. The van der Waals surface area contributed by atoms with Crippen LogP contribution in [-0.2, 0) is 16.0 Å². The highest BCUT2D eigenvalue weighted by Gasteiger charge is 2.30. The number of benzene rings is 1. The summed E-state index contributed by atoms with van der Waals surface area (Å²) >= 11 is 0. The third-order valence-electron chi connectivity index (χ3n) is 5.44. The number of carbonyl (C=O) groups excluding carboxylic acids is 1. The van der Waals surface area contributed by atoms with Crippen LogP contribution in [0.1, 0.15) is 38.8 Å². The van der Waals surface area contributed by atoms with Gasteiger partial charge >= 0.3 is 6.09 Å². The smallest absolute Gasteiger partial charge is 0.410 e. The molecule has 6 nitrogen and oxygen atoms in total. The first kappa shape index (κ1) is 20.9. The SMILES string of the molecule is Cc1cc(N2CCOCC2)ccc1CN1CCN(C(=O)OC(C)(C)C)[C@@H](C)C1. The van der Waals surface area contributed by atoms with E-state index in [2.05, 4.69) is 41.8 Å². The Morgan fingerprint density at radius 3 is 2.50 bits per heavy atom. The van der Waals surface area contributed by atoms with Crippen LogP contribution in [0.3, 0.4) is 0 Å². The highest BCUT2D eigenvalue weighted by Crippen LogP contribution is 2.23. The summed E-state index contributed by atoms with van der Waals surface area (Å²) in [6.45, 7) is 16.9. The molecule has 2 fully saturated rings. The van der Waals surface area contributed by atoms with E-state index in [4.69, 9.17) is 9.47 Å². The summed E-state index contributed by atoms with van der Waals surface area (Å²) < 4.78 is 11.0. The number of piperazine rings is 1. The Morgan fingerprint density at radius 1 is 1.18 bits per heavy atom. The minimum atomic E-state index is -0.451. The average Bonchev–Trinajstić information content (AvgIpc) is 2.62. The second-order valence-electron chi connectivity index (χ2n) is 8.97. The zero-order valence-corrected chi connectivity index (χ0v) is 18.0. The lowest BCUT2D eigenvalue weighted by Crippen LogP contribution is -2.54. The summed E-state index contributed by atoms with van der Waals surface area (Å²) in [6, 6.07) is 6.93. The average molecular weight is 390 g/mol. The van der Waals surface area contributed by atoms with Crippen molar-refractivity contribution in [1.82, 2.24) is 9.80 Å². The molecule has 0 spiro atoms. The van der Waals surface area contributed by atoms with E-state index < -0.39 is 5.60 Å². The summed E-state index contributed by atoms with van der Waals surface area (Å²) in [5.41, 5.74) is 3.52. The van der Waals surface area contributed by atoms with E-state index in [0.29, 0.717) is 6.54 Å². The van der Waals surface area contributed by atoms with Gasteiger partial charge < -0.3 is 19.3 Å². The third kappa shape index (κ3) is 5.39. The molecule has 2 aliphatic heterocycles. The Morgan fingerprint density at radius 2 is 1.89 bits per heavy atom. The van der Waals surface area contributed by atoms with Crippen molar-refractivity contribution in [3.63, 3.8) is 0 Å². The number of hydrogen-bond donors (Lipinski definition) is 0. The molecule has 1 atom stereocenters. The predicted molar refractivity (Wildman–Crippen MR) is 112 cm³/mol.